The van der Waals surface area contributed by atoms with Crippen molar-refractivity contribution >= 4 is 28.0 Å². The van der Waals surface area contributed by atoms with Gasteiger partial charge in [-0.15, -0.1) is 11.3 Å². The number of esters is 1. The molecule has 6 nitrogen and oxygen atoms in total. The zero-order chi connectivity index (χ0) is 11.6. The molecule has 82 valence electrons. The normalized spacial score (nSPS) is 10.0. The maximum absolute atomic E-state index is 11.4. The Morgan fingerprint density at radius 2 is 2.27 bits per heavy atom. The van der Waals surface area contributed by atoms with Gasteiger partial charge in [0.1, 0.15) is 4.88 Å². The van der Waals surface area contributed by atoms with Crippen molar-refractivity contribution in [1.29, 1.82) is 0 Å². The number of nitro groups is 1. The summed E-state index contributed by atoms with van der Waals surface area (Å²) < 4.78 is 4.75. The Morgan fingerprint density at radius 1 is 1.67 bits per heavy atom. The lowest BCUT2D eigenvalue weighted by Gasteiger charge is -1.98. The Kier molecular flexibility index (Phi) is 3.25. The first-order chi connectivity index (χ1) is 6.99. The second kappa shape index (κ2) is 4.26. The number of nitrogens with two attached hydrogens (primary N) is 1. The van der Waals surface area contributed by atoms with Gasteiger partial charge in [0.05, 0.1) is 17.1 Å². The Morgan fingerprint density at radius 3 is 2.67 bits per heavy atom. The molecule has 0 radical (unpaired) electrons. The van der Waals surface area contributed by atoms with Crippen LogP contribution in [0.3, 0.4) is 0 Å². The summed E-state index contributed by atoms with van der Waals surface area (Å²) in [6, 6.07) is 0. The molecule has 0 fully saturated rings. The summed E-state index contributed by atoms with van der Waals surface area (Å²) >= 11 is 0.879. The Hall–Kier alpha value is -1.63. The van der Waals surface area contributed by atoms with E-state index in [1.54, 1.807) is 6.92 Å². The molecule has 0 unspecified atom stereocenters. The summed E-state index contributed by atoms with van der Waals surface area (Å²) in [5, 5.41) is 10.6. The molecule has 0 amide bonds. The highest BCUT2D eigenvalue weighted by Crippen LogP contribution is 2.37. The van der Waals surface area contributed by atoms with Gasteiger partial charge < -0.3 is 10.5 Å². The Bertz CT molecular complexity index is 413. The van der Waals surface area contributed by atoms with E-state index in [1.165, 1.54) is 6.92 Å². The molecule has 0 saturated heterocycles. The monoisotopic (exact) mass is 230 g/mol. The third-order valence-electron chi connectivity index (χ3n) is 1.78. The summed E-state index contributed by atoms with van der Waals surface area (Å²) in [7, 11) is 0. The predicted octanol–water partition coefficient (Wildman–Crippen LogP) is 1.72. The van der Waals surface area contributed by atoms with Crippen molar-refractivity contribution in [1.82, 2.24) is 0 Å². The molecule has 0 aliphatic rings. The third-order valence-corrected chi connectivity index (χ3v) is 2.87. The van der Waals surface area contributed by atoms with E-state index < -0.39 is 10.9 Å². The molecule has 0 spiro atoms. The maximum Gasteiger partial charge on any atom is 0.348 e. The highest BCUT2D eigenvalue weighted by Gasteiger charge is 2.26. The van der Waals surface area contributed by atoms with Crippen molar-refractivity contribution < 1.29 is 14.5 Å². The number of carbonyl (C=O) groups excluding carboxylic acids is 1. The van der Waals surface area contributed by atoms with Crippen molar-refractivity contribution in [3.8, 4) is 0 Å². The van der Waals surface area contributed by atoms with Crippen molar-refractivity contribution in [3.05, 3.63) is 20.6 Å². The van der Waals surface area contributed by atoms with Gasteiger partial charge in [0.15, 0.2) is 5.00 Å². The molecule has 1 rings (SSSR count). The van der Waals surface area contributed by atoms with Crippen LogP contribution in [0.1, 0.15) is 22.2 Å². The number of nitrogens with zero attached hydrogens (tertiary/aromatic N) is 1. The highest BCUT2D eigenvalue weighted by molar-refractivity contribution is 7.18. The van der Waals surface area contributed by atoms with Crippen LogP contribution in [0.2, 0.25) is 0 Å². The zero-order valence-electron chi connectivity index (χ0n) is 8.27. The summed E-state index contributed by atoms with van der Waals surface area (Å²) in [6.07, 6.45) is 0. The molecule has 1 aromatic rings. The highest BCUT2D eigenvalue weighted by atomic mass is 32.1. The number of carbonyl (C=O) groups is 1. The largest absolute Gasteiger partial charge is 0.462 e. The van der Waals surface area contributed by atoms with E-state index in [9.17, 15) is 14.9 Å². The third kappa shape index (κ3) is 2.07. The molecule has 15 heavy (non-hydrogen) atoms. The molecular weight excluding hydrogens is 220 g/mol. The number of rotatable bonds is 3. The molecule has 1 aromatic heterocycles. The van der Waals surface area contributed by atoms with Gasteiger partial charge in [-0.05, 0) is 13.8 Å². The first-order valence-corrected chi connectivity index (χ1v) is 5.01. The van der Waals surface area contributed by atoms with Crippen molar-refractivity contribution in [3.63, 3.8) is 0 Å². The predicted molar refractivity (Wildman–Crippen MR) is 56.1 cm³/mol. The van der Waals surface area contributed by atoms with Gasteiger partial charge in [0.2, 0.25) is 0 Å². The summed E-state index contributed by atoms with van der Waals surface area (Å²) in [6.45, 7) is 3.37. The van der Waals surface area contributed by atoms with Gasteiger partial charge in [0, 0.05) is 0 Å². The maximum atomic E-state index is 11.4. The quantitative estimate of drug-likeness (QED) is 0.484. The van der Waals surface area contributed by atoms with Gasteiger partial charge in [-0.1, -0.05) is 0 Å². The van der Waals surface area contributed by atoms with Crippen molar-refractivity contribution in [2.75, 3.05) is 12.3 Å². The molecule has 0 atom stereocenters. The van der Waals surface area contributed by atoms with Crippen LogP contribution in [0, 0.1) is 17.0 Å². The van der Waals surface area contributed by atoms with Crippen LogP contribution < -0.4 is 5.73 Å². The van der Waals surface area contributed by atoms with E-state index >= 15 is 0 Å². The average Bonchev–Trinajstić information content (AvgIpc) is 2.42. The smallest absolute Gasteiger partial charge is 0.348 e. The van der Waals surface area contributed by atoms with Gasteiger partial charge in [-0.2, -0.15) is 0 Å². The lowest BCUT2D eigenvalue weighted by atomic mass is 10.2. The minimum absolute atomic E-state index is 0.0283. The number of ether oxygens (including phenoxy) is 1. The van der Waals surface area contributed by atoms with Crippen LogP contribution in [-0.2, 0) is 4.74 Å². The van der Waals surface area contributed by atoms with Gasteiger partial charge in [0.25, 0.3) is 0 Å². The van der Waals surface area contributed by atoms with E-state index in [0.717, 1.165) is 11.3 Å². The molecule has 0 aliphatic carbocycles. The number of thiophene rings is 1. The zero-order valence-corrected chi connectivity index (χ0v) is 9.09. The van der Waals surface area contributed by atoms with Crippen LogP contribution in [-0.4, -0.2) is 17.5 Å². The SMILES string of the molecule is CCOC(=O)c1sc(N)c([N+](=O)[O-])c1C. The first-order valence-electron chi connectivity index (χ1n) is 4.19. The standard InChI is InChI=1S/C8H10N2O4S/c1-3-14-8(11)6-4(2)5(10(12)13)7(9)15-6/h3,9H2,1-2H3. The van der Waals surface area contributed by atoms with Crippen LogP contribution in [0.25, 0.3) is 0 Å². The Labute approximate surface area is 89.8 Å². The molecule has 2 N–H and O–H groups in total. The molecule has 0 saturated carbocycles. The van der Waals surface area contributed by atoms with Crippen LogP contribution in [0.4, 0.5) is 10.7 Å². The second-order valence-electron chi connectivity index (χ2n) is 2.75. The van der Waals surface area contributed by atoms with Gasteiger partial charge in [-0.25, -0.2) is 4.79 Å². The number of hydrogen-bond acceptors (Lipinski definition) is 6. The molecule has 1 heterocycles. The fourth-order valence-corrected chi connectivity index (χ4v) is 2.08. The number of nitrogen functional groups attached to an aromatic ring is 1. The molecule has 0 aliphatic heterocycles. The van der Waals surface area contributed by atoms with E-state index in [0.29, 0.717) is 0 Å². The van der Waals surface area contributed by atoms with E-state index in [4.69, 9.17) is 10.5 Å². The first kappa shape index (κ1) is 11.4. The minimum atomic E-state index is -0.593. The summed E-state index contributed by atoms with van der Waals surface area (Å²) in [5.41, 5.74) is 5.51. The fraction of sp³-hybridized carbons (Fsp3) is 0.375. The van der Waals surface area contributed by atoms with E-state index in [-0.39, 0.29) is 27.7 Å². The van der Waals surface area contributed by atoms with Crippen LogP contribution in [0.15, 0.2) is 0 Å². The van der Waals surface area contributed by atoms with Gasteiger partial charge in [-0.3, -0.25) is 10.1 Å². The lowest BCUT2D eigenvalue weighted by molar-refractivity contribution is -0.384. The number of anilines is 1. The average molecular weight is 230 g/mol. The minimum Gasteiger partial charge on any atom is -0.462 e. The van der Waals surface area contributed by atoms with Crippen LogP contribution in [0.5, 0.6) is 0 Å². The molecule has 7 heteroatoms. The second-order valence-corrected chi connectivity index (χ2v) is 3.80. The molecule has 0 bridgehead atoms. The van der Waals surface area contributed by atoms with E-state index in [2.05, 4.69) is 0 Å². The van der Waals surface area contributed by atoms with Crippen molar-refractivity contribution in [2.45, 2.75) is 13.8 Å². The molecular formula is C8H10N2O4S. The van der Waals surface area contributed by atoms with Crippen molar-refractivity contribution in [2.24, 2.45) is 0 Å². The Balaban J connectivity index is 3.17. The summed E-state index contributed by atoms with van der Waals surface area (Å²) in [5.74, 6) is -0.570. The van der Waals surface area contributed by atoms with E-state index in [1.807, 2.05) is 0 Å². The fourth-order valence-electron chi connectivity index (χ4n) is 1.15. The lowest BCUT2D eigenvalue weighted by Crippen LogP contribution is -2.04. The number of hydrogen-bond donors (Lipinski definition) is 1. The topological polar surface area (TPSA) is 95.5 Å². The molecule has 0 aromatic carbocycles. The van der Waals surface area contributed by atoms with Crippen LogP contribution >= 0.6 is 11.3 Å². The van der Waals surface area contributed by atoms with Gasteiger partial charge >= 0.3 is 11.7 Å². The summed E-state index contributed by atoms with van der Waals surface area (Å²) in [4.78, 5) is 21.6.